The zero-order valence-electron chi connectivity index (χ0n) is 18.1. The van der Waals surface area contributed by atoms with Gasteiger partial charge in [0.15, 0.2) is 0 Å². The maximum absolute atomic E-state index is 11.8. The first-order valence-corrected chi connectivity index (χ1v) is 11.9. The first-order valence-electron chi connectivity index (χ1n) is 10.5. The second kappa shape index (κ2) is 14.6. The Balaban J connectivity index is 0.00000450. The van der Waals surface area contributed by atoms with Gasteiger partial charge in [-0.05, 0) is 36.6 Å². The molecule has 2 aromatic carbocycles. The number of rotatable bonds is 13. The Morgan fingerprint density at radius 2 is 1.47 bits per heavy atom. The molecule has 0 radical (unpaired) electrons. The van der Waals surface area contributed by atoms with Gasteiger partial charge in [0, 0.05) is 0 Å². The molecule has 0 aliphatic carbocycles. The average Bonchev–Trinajstić information content (AvgIpc) is 2.68. The van der Waals surface area contributed by atoms with Crippen molar-refractivity contribution in [1.29, 1.82) is 0 Å². The molecule has 0 aromatic heterocycles. The molecular formula is C23H31KO5S. The standard InChI is InChI=1S/C23H32O5S.K/c1-2-3-4-5-6-7-8-9-10-13-19-16-17-20(24)18-22(19)28-21-14-11-12-15-23(21)29(25,26)27;/h11-12,14-18,24H,2-10,13H2,1H3,(H,25,26,27);/q;+1/p-1. The van der Waals surface area contributed by atoms with E-state index in [1.165, 1.54) is 75.3 Å². The summed E-state index contributed by atoms with van der Waals surface area (Å²) >= 11 is 0. The van der Waals surface area contributed by atoms with Crippen LogP contribution in [0.5, 0.6) is 17.2 Å². The number of hydrogen-bond donors (Lipinski definition) is 1. The Morgan fingerprint density at radius 3 is 2.10 bits per heavy atom. The van der Waals surface area contributed by atoms with Gasteiger partial charge in [-0.1, -0.05) is 82.6 Å². The molecule has 0 bridgehead atoms. The zero-order valence-corrected chi connectivity index (χ0v) is 22.0. The zero-order chi connectivity index (χ0) is 21.1. The first-order chi connectivity index (χ1) is 13.9. The van der Waals surface area contributed by atoms with Crippen LogP contribution in [-0.2, 0) is 16.5 Å². The van der Waals surface area contributed by atoms with Crippen LogP contribution < -0.4 is 61.2 Å². The second-order valence-corrected chi connectivity index (χ2v) is 8.76. The van der Waals surface area contributed by atoms with Crippen molar-refractivity contribution in [3.8, 4) is 17.2 Å². The van der Waals surface area contributed by atoms with E-state index in [0.29, 0.717) is 5.75 Å². The van der Waals surface area contributed by atoms with Gasteiger partial charge < -0.3 is 9.84 Å². The minimum Gasteiger partial charge on any atom is -0.872 e. The average molecular weight is 459 g/mol. The van der Waals surface area contributed by atoms with E-state index in [0.717, 1.165) is 24.8 Å². The van der Waals surface area contributed by atoms with Crippen LogP contribution >= 0.6 is 0 Å². The maximum atomic E-state index is 11.8. The molecule has 0 atom stereocenters. The summed E-state index contributed by atoms with van der Waals surface area (Å²) in [4.78, 5) is -0.315. The third-order valence-electron chi connectivity index (χ3n) is 4.94. The Morgan fingerprint density at radius 1 is 0.867 bits per heavy atom. The van der Waals surface area contributed by atoms with Gasteiger partial charge in [-0.25, -0.2) is 0 Å². The predicted octanol–water partition coefficient (Wildman–Crippen LogP) is 2.88. The van der Waals surface area contributed by atoms with Gasteiger partial charge in [0.05, 0.1) is 0 Å². The molecule has 5 nitrogen and oxygen atoms in total. The Hall–Kier alpha value is -0.414. The summed E-state index contributed by atoms with van der Waals surface area (Å²) in [6.45, 7) is 2.22. The molecule has 160 valence electrons. The predicted molar refractivity (Wildman–Crippen MR) is 113 cm³/mol. The minimum atomic E-state index is -4.42. The molecule has 2 rings (SSSR count). The summed E-state index contributed by atoms with van der Waals surface area (Å²) in [6, 6.07) is 10.4. The smallest absolute Gasteiger partial charge is 0.872 e. The molecule has 0 aliphatic heterocycles. The third-order valence-corrected chi connectivity index (χ3v) is 5.83. The Labute approximate surface area is 223 Å². The van der Waals surface area contributed by atoms with Crippen molar-refractivity contribution < 1.29 is 74.2 Å². The summed E-state index contributed by atoms with van der Waals surface area (Å²) < 4.78 is 38.3. The number of hydrogen-bond acceptors (Lipinski definition) is 4. The van der Waals surface area contributed by atoms with Crippen LogP contribution in [0.2, 0.25) is 0 Å². The minimum absolute atomic E-state index is 0. The van der Waals surface area contributed by atoms with E-state index in [9.17, 15) is 18.1 Å². The van der Waals surface area contributed by atoms with Gasteiger partial charge in [0.25, 0.3) is 10.1 Å². The van der Waals surface area contributed by atoms with Crippen LogP contribution in [0.1, 0.15) is 70.3 Å². The molecule has 0 aliphatic rings. The van der Waals surface area contributed by atoms with Gasteiger partial charge in [-0.15, -0.1) is 5.75 Å². The first kappa shape index (κ1) is 27.6. The van der Waals surface area contributed by atoms with Gasteiger partial charge in [-0.2, -0.15) is 8.42 Å². The summed E-state index contributed by atoms with van der Waals surface area (Å²) in [7, 11) is -4.42. The molecule has 0 fully saturated rings. The molecule has 0 saturated heterocycles. The van der Waals surface area contributed by atoms with Crippen molar-refractivity contribution in [2.45, 2.75) is 76.0 Å². The van der Waals surface area contributed by atoms with Crippen LogP contribution in [0, 0.1) is 0 Å². The summed E-state index contributed by atoms with van der Waals surface area (Å²) in [6.07, 6.45) is 11.8. The summed E-state index contributed by atoms with van der Waals surface area (Å²) in [5.41, 5.74) is 0.859. The maximum Gasteiger partial charge on any atom is 1.00 e. The summed E-state index contributed by atoms with van der Waals surface area (Å²) in [5.74, 6) is 0.141. The fraction of sp³-hybridized carbons (Fsp3) is 0.478. The van der Waals surface area contributed by atoms with Gasteiger partial charge >= 0.3 is 51.4 Å². The van der Waals surface area contributed by atoms with Crippen molar-refractivity contribution in [2.24, 2.45) is 0 Å². The van der Waals surface area contributed by atoms with Crippen molar-refractivity contribution in [3.05, 3.63) is 48.0 Å². The van der Waals surface area contributed by atoms with Crippen molar-refractivity contribution in [3.63, 3.8) is 0 Å². The Kier molecular flexibility index (Phi) is 13.5. The molecule has 0 spiro atoms. The largest absolute Gasteiger partial charge is 1.00 e. The van der Waals surface area contributed by atoms with Crippen LogP contribution in [0.25, 0.3) is 0 Å². The third kappa shape index (κ3) is 9.81. The fourth-order valence-electron chi connectivity index (χ4n) is 3.33. The van der Waals surface area contributed by atoms with Crippen LogP contribution in [0.3, 0.4) is 0 Å². The van der Waals surface area contributed by atoms with E-state index in [2.05, 4.69) is 6.92 Å². The molecule has 0 heterocycles. The van der Waals surface area contributed by atoms with Crippen molar-refractivity contribution in [2.75, 3.05) is 0 Å². The van der Waals surface area contributed by atoms with E-state index < -0.39 is 10.1 Å². The molecule has 0 unspecified atom stereocenters. The quantitative estimate of drug-likeness (QED) is 0.283. The topological polar surface area (TPSA) is 86.7 Å². The number of aryl methyl sites for hydroxylation is 1. The Bertz CT molecular complexity index is 868. The van der Waals surface area contributed by atoms with Crippen LogP contribution in [-0.4, -0.2) is 13.0 Å². The molecule has 0 amide bonds. The van der Waals surface area contributed by atoms with Gasteiger partial charge in [0.1, 0.15) is 16.4 Å². The monoisotopic (exact) mass is 458 g/mol. The fourth-order valence-corrected chi connectivity index (χ4v) is 3.94. The van der Waals surface area contributed by atoms with Crippen molar-refractivity contribution >= 4 is 10.1 Å². The molecular weight excluding hydrogens is 427 g/mol. The molecule has 0 saturated carbocycles. The van der Waals surface area contributed by atoms with Gasteiger partial charge in [0.2, 0.25) is 0 Å². The number of benzene rings is 2. The number of unbranched alkanes of at least 4 members (excludes halogenated alkanes) is 8. The van der Waals surface area contributed by atoms with Crippen molar-refractivity contribution in [1.82, 2.24) is 0 Å². The van der Waals surface area contributed by atoms with E-state index in [4.69, 9.17) is 4.74 Å². The van der Waals surface area contributed by atoms with Crippen LogP contribution in [0.4, 0.5) is 0 Å². The van der Waals surface area contributed by atoms with E-state index in [-0.39, 0.29) is 67.8 Å². The number of para-hydroxylation sites is 1. The second-order valence-electron chi connectivity index (χ2n) is 7.37. The SMILES string of the molecule is CCCCCCCCCCCc1ccc([O-])cc1Oc1ccccc1S(=O)(=O)O.[K+]. The number of ether oxygens (including phenoxy) is 1. The van der Waals surface area contributed by atoms with E-state index >= 15 is 0 Å². The van der Waals surface area contributed by atoms with Crippen LogP contribution in [0.15, 0.2) is 47.4 Å². The van der Waals surface area contributed by atoms with Gasteiger partial charge in [-0.3, -0.25) is 4.55 Å². The molecule has 1 N–H and O–H groups in total. The summed E-state index contributed by atoms with van der Waals surface area (Å²) in [5, 5.41) is 11.8. The van der Waals surface area contributed by atoms with E-state index in [1.807, 2.05) is 0 Å². The normalized spacial score (nSPS) is 11.1. The molecule has 7 heteroatoms. The van der Waals surface area contributed by atoms with E-state index in [1.54, 1.807) is 12.1 Å². The molecule has 30 heavy (non-hydrogen) atoms. The molecule has 2 aromatic rings.